The third kappa shape index (κ3) is 10.1. The molecular weight excluding hydrogens is 837 g/mol. The summed E-state index contributed by atoms with van der Waals surface area (Å²) < 4.78 is 26.4. The molecule has 0 saturated heterocycles. The van der Waals surface area contributed by atoms with Gasteiger partial charge in [0.15, 0.2) is 17.3 Å². The molecule has 11 heteroatoms. The number of aliphatic carboxylic acids is 1. The van der Waals surface area contributed by atoms with Gasteiger partial charge < -0.3 is 34.1 Å². The summed E-state index contributed by atoms with van der Waals surface area (Å²) in [5, 5.41) is 23.8. The van der Waals surface area contributed by atoms with Crippen LogP contribution >= 0.6 is 11.3 Å². The average molecular weight is 891 g/mol. The van der Waals surface area contributed by atoms with Gasteiger partial charge >= 0.3 is 5.97 Å². The first-order valence-corrected chi connectivity index (χ1v) is 23.4. The summed E-state index contributed by atoms with van der Waals surface area (Å²) in [6.07, 6.45) is 13.4. The van der Waals surface area contributed by atoms with Gasteiger partial charge in [0.25, 0.3) is 0 Å². The molecule has 3 heterocycles. The van der Waals surface area contributed by atoms with Gasteiger partial charge in [-0.25, -0.2) is 4.79 Å². The van der Waals surface area contributed by atoms with Gasteiger partial charge in [0.05, 0.1) is 23.0 Å². The molecule has 1 aliphatic carbocycles. The SMILES string of the molecule is CCCCCCOc1ccc(N(c2ccc(OCCCCCC)cc2)c2ccc(-c3sc(C4=C([O-])/C(=C/c5ccc6cc(/C=C/C(=O)O)ccc6[n+]5C)C4=O)c4c3OCCO4)cc2)cc1. The normalized spacial score (nSPS) is 14.0. The fourth-order valence-electron chi connectivity index (χ4n) is 8.09. The number of unbranched alkanes of at least 4 members (excludes halogenated alkanes) is 6. The number of carbonyl (C=O) groups is 2. The minimum absolute atomic E-state index is 0.0946. The number of ketones is 1. The topological polar surface area (TPSA) is 121 Å². The van der Waals surface area contributed by atoms with Crippen LogP contribution in [0.25, 0.3) is 39.1 Å². The highest BCUT2D eigenvalue weighted by Crippen LogP contribution is 2.54. The number of ether oxygens (including phenoxy) is 4. The van der Waals surface area contributed by atoms with Crippen LogP contribution in [0.4, 0.5) is 17.1 Å². The molecule has 0 saturated carbocycles. The molecule has 0 radical (unpaired) electrons. The predicted molar refractivity (Wildman–Crippen MR) is 256 cm³/mol. The molecule has 2 aromatic heterocycles. The molecule has 0 atom stereocenters. The van der Waals surface area contributed by atoms with E-state index in [1.807, 2.05) is 78.3 Å². The Bertz CT molecular complexity index is 2690. The van der Waals surface area contributed by atoms with Crippen molar-refractivity contribution < 1.29 is 43.3 Å². The summed E-state index contributed by atoms with van der Waals surface area (Å²) in [4.78, 5) is 28.3. The molecule has 2 aliphatic rings. The number of aryl methyl sites for hydroxylation is 1. The lowest BCUT2D eigenvalue weighted by Crippen LogP contribution is -2.34. The Kier molecular flexibility index (Phi) is 14.3. The van der Waals surface area contributed by atoms with Gasteiger partial charge in [-0.15, -0.1) is 11.3 Å². The van der Waals surface area contributed by atoms with E-state index < -0.39 is 5.97 Å². The van der Waals surface area contributed by atoms with Gasteiger partial charge in [-0.3, -0.25) is 4.79 Å². The molecule has 65 heavy (non-hydrogen) atoms. The molecule has 0 spiro atoms. The maximum atomic E-state index is 13.9. The maximum absolute atomic E-state index is 13.9. The van der Waals surface area contributed by atoms with Crippen LogP contribution in [-0.2, 0) is 16.6 Å². The van der Waals surface area contributed by atoms with Crippen LogP contribution < -0.4 is 33.5 Å². The fraction of sp³-hybridized carbons (Fsp3) is 0.278. The zero-order valence-corrected chi connectivity index (χ0v) is 38.0. The van der Waals surface area contributed by atoms with Gasteiger partial charge in [-0.1, -0.05) is 70.3 Å². The first kappa shape index (κ1) is 44.7. The first-order chi connectivity index (χ1) is 31.7. The third-order valence-electron chi connectivity index (χ3n) is 11.6. The van der Waals surface area contributed by atoms with Crippen LogP contribution in [-0.4, -0.2) is 43.3 Å². The predicted octanol–water partition coefficient (Wildman–Crippen LogP) is 11.4. The number of carboxylic acid groups (broad SMARTS) is 1. The number of aromatic nitrogens is 1. The van der Waals surface area contributed by atoms with Gasteiger partial charge in [0.1, 0.15) is 31.8 Å². The molecule has 0 fully saturated rings. The number of nitrogens with zero attached hydrogens (tertiary/aromatic N) is 2. The number of benzene rings is 4. The summed E-state index contributed by atoms with van der Waals surface area (Å²) in [6, 6.07) is 33.9. The highest BCUT2D eigenvalue weighted by Gasteiger charge is 2.36. The van der Waals surface area contributed by atoms with Crippen LogP contribution in [0, 0.1) is 0 Å². The van der Waals surface area contributed by atoms with Crippen molar-refractivity contribution in [2.75, 3.05) is 31.3 Å². The van der Waals surface area contributed by atoms with E-state index >= 15 is 0 Å². The number of hydrogen-bond donors (Lipinski definition) is 1. The van der Waals surface area contributed by atoms with Crippen LogP contribution in [0.5, 0.6) is 23.0 Å². The van der Waals surface area contributed by atoms with Crippen LogP contribution in [0.1, 0.15) is 81.3 Å². The Balaban J connectivity index is 1.06. The minimum Gasteiger partial charge on any atom is -0.871 e. The quantitative estimate of drug-likeness (QED) is 0.0453. The van der Waals surface area contributed by atoms with Crippen molar-refractivity contribution in [2.45, 2.75) is 65.2 Å². The highest BCUT2D eigenvalue weighted by atomic mass is 32.1. The Labute approximate surface area is 384 Å². The molecule has 1 aliphatic heterocycles. The summed E-state index contributed by atoms with van der Waals surface area (Å²) in [5.74, 6) is 0.906. The number of hydrogen-bond acceptors (Lipinski definition) is 9. The number of pyridine rings is 1. The lowest BCUT2D eigenvalue weighted by Gasteiger charge is -2.30. The zero-order chi connectivity index (χ0) is 45.3. The first-order valence-electron chi connectivity index (χ1n) is 22.5. The lowest BCUT2D eigenvalue weighted by molar-refractivity contribution is -0.646. The van der Waals surface area contributed by atoms with Gasteiger partial charge in [-0.05, 0) is 109 Å². The highest BCUT2D eigenvalue weighted by molar-refractivity contribution is 7.18. The Morgan fingerprint density at radius 2 is 1.32 bits per heavy atom. The number of allylic oxidation sites excluding steroid dienone is 2. The smallest absolute Gasteiger partial charge is 0.328 e. The molecular formula is C54H54N2O8S. The van der Waals surface area contributed by atoms with Crippen molar-refractivity contribution in [2.24, 2.45) is 7.05 Å². The van der Waals surface area contributed by atoms with E-state index in [0.29, 0.717) is 48.5 Å². The van der Waals surface area contributed by atoms with Crippen molar-refractivity contribution in [3.8, 4) is 33.4 Å². The van der Waals surface area contributed by atoms with Crippen LogP contribution in [0.15, 0.2) is 121 Å². The summed E-state index contributed by atoms with van der Waals surface area (Å²) >= 11 is 1.33. The van der Waals surface area contributed by atoms with E-state index in [-0.39, 0.29) is 22.7 Å². The Morgan fingerprint density at radius 3 is 1.88 bits per heavy atom. The largest absolute Gasteiger partial charge is 0.871 e. The van der Waals surface area contributed by atoms with Crippen LogP contribution in [0.2, 0.25) is 0 Å². The molecule has 0 bridgehead atoms. The number of Topliss-reactive ketones (excluding diaryl/α,β-unsaturated/α-hetero) is 1. The van der Waals surface area contributed by atoms with E-state index in [9.17, 15) is 14.7 Å². The van der Waals surface area contributed by atoms with E-state index in [1.165, 1.54) is 43.1 Å². The second-order valence-corrected chi connectivity index (χ2v) is 17.2. The van der Waals surface area contributed by atoms with E-state index in [1.54, 1.807) is 6.08 Å². The molecule has 1 N–H and O–H groups in total. The van der Waals surface area contributed by atoms with Gasteiger partial charge in [0.2, 0.25) is 11.2 Å². The Morgan fingerprint density at radius 1 is 0.754 bits per heavy atom. The molecule has 334 valence electrons. The third-order valence-corrected chi connectivity index (χ3v) is 12.8. The average Bonchev–Trinajstić information content (AvgIpc) is 3.70. The molecule has 0 amide bonds. The van der Waals surface area contributed by atoms with E-state index in [0.717, 1.165) is 87.2 Å². The molecule has 4 aromatic carbocycles. The van der Waals surface area contributed by atoms with Gasteiger partial charge in [0, 0.05) is 57.9 Å². The number of anilines is 3. The second-order valence-electron chi connectivity index (χ2n) is 16.2. The van der Waals surface area contributed by atoms with Crippen molar-refractivity contribution in [1.82, 2.24) is 0 Å². The zero-order valence-electron chi connectivity index (χ0n) is 37.1. The summed E-state index contributed by atoms with van der Waals surface area (Å²) in [5.41, 5.74) is 6.21. The molecule has 0 unspecified atom stereocenters. The molecule has 6 aromatic rings. The van der Waals surface area contributed by atoms with E-state index in [4.69, 9.17) is 24.1 Å². The van der Waals surface area contributed by atoms with Crippen molar-refractivity contribution in [3.63, 3.8) is 0 Å². The standard InChI is InChI=1S/C54H54N2O8S/c1-4-6-8-10-30-61-43-24-20-40(21-25-43)56(41-22-26-44(27-23-41)62-31-11-9-7-5-2)39-17-14-37(15-18-39)53-51-52(64-33-32-63-51)54(65-53)48-49(59)45(50(48)60)35-42-19-16-38-34-36(13-29-47(57)58)12-28-46(38)55(42)3/h12-29,34-35H,4-11,30-33H2,1-3H3,(H-,57,58,59,60)/b29-13+. The van der Waals surface area contributed by atoms with Crippen molar-refractivity contribution >= 4 is 68.8 Å². The second kappa shape index (κ2) is 20.8. The van der Waals surface area contributed by atoms with Crippen molar-refractivity contribution in [1.29, 1.82) is 0 Å². The van der Waals surface area contributed by atoms with E-state index in [2.05, 4.69) is 55.1 Å². The monoisotopic (exact) mass is 890 g/mol. The number of fused-ring (bicyclic) bond motifs is 2. The maximum Gasteiger partial charge on any atom is 0.328 e. The Hall–Kier alpha value is -6.85. The summed E-state index contributed by atoms with van der Waals surface area (Å²) in [7, 11) is 1.86. The number of rotatable bonds is 20. The fourth-order valence-corrected chi connectivity index (χ4v) is 9.32. The van der Waals surface area contributed by atoms with Crippen molar-refractivity contribution in [3.05, 3.63) is 137 Å². The number of carboxylic acids is 1. The summed E-state index contributed by atoms with van der Waals surface area (Å²) in [6.45, 7) is 6.44. The van der Waals surface area contributed by atoms with Crippen LogP contribution in [0.3, 0.4) is 0 Å². The molecule has 10 nitrogen and oxygen atoms in total. The van der Waals surface area contributed by atoms with Gasteiger partial charge in [-0.2, -0.15) is 4.57 Å². The number of thiophene rings is 1. The number of carbonyl (C=O) groups excluding carboxylic acids is 1. The molecule has 8 rings (SSSR count). The minimum atomic E-state index is -1.02. The lowest BCUT2D eigenvalue weighted by atomic mass is 9.86.